The number of rotatable bonds is 8. The summed E-state index contributed by atoms with van der Waals surface area (Å²) in [6, 6.07) is 15.3. The predicted molar refractivity (Wildman–Crippen MR) is 125 cm³/mol. The van der Waals surface area contributed by atoms with Gasteiger partial charge in [0.15, 0.2) is 23.3 Å². The fraction of sp³-hybridized carbons (Fsp3) is 0.200. The molecule has 196 valence electrons. The Morgan fingerprint density at radius 1 is 0.865 bits per heavy atom. The monoisotopic (exact) mass is 544 g/mol. The minimum atomic E-state index is -5.69. The highest BCUT2D eigenvalue weighted by molar-refractivity contribution is 8.00. The Kier molecular flexibility index (Phi) is 8.85. The molecule has 0 aliphatic rings. The molecule has 3 aromatic rings. The van der Waals surface area contributed by atoms with Gasteiger partial charge >= 0.3 is 6.18 Å². The van der Waals surface area contributed by atoms with Crippen LogP contribution in [0.15, 0.2) is 59.5 Å². The molecule has 0 fully saturated rings. The molecule has 0 bridgehead atoms. The number of hydrogen-bond acceptors (Lipinski definition) is 3. The van der Waals surface area contributed by atoms with Gasteiger partial charge in [-0.1, -0.05) is 43.3 Å². The van der Waals surface area contributed by atoms with Gasteiger partial charge in [-0.25, -0.2) is 17.6 Å². The molecule has 0 saturated heterocycles. The highest BCUT2D eigenvalue weighted by Gasteiger charge is 2.42. The summed E-state index contributed by atoms with van der Waals surface area (Å²) in [6.07, 6.45) is -5.49. The van der Waals surface area contributed by atoms with E-state index in [1.54, 1.807) is 60.8 Å². The summed E-state index contributed by atoms with van der Waals surface area (Å²) in [6.45, 7) is 1.55. The van der Waals surface area contributed by atoms with E-state index < -0.39 is 51.9 Å². The zero-order valence-corrected chi connectivity index (χ0v) is 19.9. The molecule has 3 rings (SSSR count). The van der Waals surface area contributed by atoms with E-state index in [0.29, 0.717) is 10.6 Å². The van der Waals surface area contributed by atoms with Gasteiger partial charge in [-0.2, -0.15) is 13.2 Å². The summed E-state index contributed by atoms with van der Waals surface area (Å²) in [5.74, 6) is -11.5. The number of benzene rings is 3. The van der Waals surface area contributed by atoms with Crippen LogP contribution in [0, 0.1) is 23.3 Å². The first-order valence-electron chi connectivity index (χ1n) is 10.8. The van der Waals surface area contributed by atoms with Crippen LogP contribution >= 0.6 is 11.8 Å². The third kappa shape index (κ3) is 6.82. The van der Waals surface area contributed by atoms with Gasteiger partial charge in [0.2, 0.25) is 11.8 Å². The third-order valence-electron chi connectivity index (χ3n) is 5.06. The molecule has 0 aliphatic carbocycles. The van der Waals surface area contributed by atoms with E-state index in [9.17, 15) is 40.3 Å². The standard InChI is InChI=1S/C25H19F7N2O2S/c1-2-16(24(36)34-23-21(28)19(26)18(25(30,31)32)20(27)22(23)29)37-15-10-6-9-14(12-15)33-17(35)11-13-7-4-3-5-8-13/h3-10,12,16H,2,11H2,1H3,(H,33,35)(H,34,36). The number of amides is 2. The summed E-state index contributed by atoms with van der Waals surface area (Å²) in [4.78, 5) is 25.4. The lowest BCUT2D eigenvalue weighted by molar-refractivity contribution is -0.143. The van der Waals surface area contributed by atoms with Crippen LogP contribution in [0.2, 0.25) is 0 Å². The van der Waals surface area contributed by atoms with Gasteiger partial charge in [0.1, 0.15) is 11.3 Å². The molecule has 0 radical (unpaired) electrons. The number of anilines is 2. The topological polar surface area (TPSA) is 58.2 Å². The van der Waals surface area contributed by atoms with Crippen LogP contribution in [0.4, 0.5) is 42.1 Å². The van der Waals surface area contributed by atoms with Gasteiger partial charge in [-0.05, 0) is 30.2 Å². The molecule has 4 nitrogen and oxygen atoms in total. The first-order chi connectivity index (χ1) is 17.4. The van der Waals surface area contributed by atoms with Crippen molar-refractivity contribution in [3.63, 3.8) is 0 Å². The van der Waals surface area contributed by atoms with E-state index in [1.165, 1.54) is 0 Å². The van der Waals surface area contributed by atoms with Crippen molar-refractivity contribution in [2.45, 2.75) is 36.1 Å². The lowest BCUT2D eigenvalue weighted by Crippen LogP contribution is -2.27. The highest BCUT2D eigenvalue weighted by Crippen LogP contribution is 2.39. The summed E-state index contributed by atoms with van der Waals surface area (Å²) in [5.41, 5.74) is -3.18. The number of thioether (sulfide) groups is 1. The smallest absolute Gasteiger partial charge is 0.326 e. The van der Waals surface area contributed by atoms with Gasteiger partial charge in [0, 0.05) is 10.6 Å². The molecular weight excluding hydrogens is 525 g/mol. The Hall–Kier alpha value is -3.54. The average molecular weight is 544 g/mol. The van der Waals surface area contributed by atoms with Gasteiger partial charge in [-0.3, -0.25) is 9.59 Å². The minimum Gasteiger partial charge on any atom is -0.326 e. The average Bonchev–Trinajstić information content (AvgIpc) is 2.84. The molecule has 0 aromatic heterocycles. The van der Waals surface area contributed by atoms with Crippen LogP contribution in [0.1, 0.15) is 24.5 Å². The Morgan fingerprint density at radius 2 is 1.49 bits per heavy atom. The van der Waals surface area contributed by atoms with Crippen LogP contribution in [0.25, 0.3) is 0 Å². The molecule has 2 N–H and O–H groups in total. The zero-order chi connectivity index (χ0) is 27.3. The van der Waals surface area contributed by atoms with Gasteiger partial charge in [-0.15, -0.1) is 11.8 Å². The van der Waals surface area contributed by atoms with Crippen molar-refractivity contribution in [3.8, 4) is 0 Å². The number of carbonyl (C=O) groups is 2. The number of carbonyl (C=O) groups excluding carboxylic acids is 2. The Bertz CT molecular complexity index is 1270. The summed E-state index contributed by atoms with van der Waals surface area (Å²) < 4.78 is 94.4. The van der Waals surface area contributed by atoms with E-state index in [4.69, 9.17) is 0 Å². The van der Waals surface area contributed by atoms with Crippen molar-refractivity contribution < 1.29 is 40.3 Å². The normalized spacial score (nSPS) is 12.2. The maximum Gasteiger partial charge on any atom is 0.422 e. The largest absolute Gasteiger partial charge is 0.422 e. The van der Waals surface area contributed by atoms with Crippen LogP contribution in [-0.4, -0.2) is 17.1 Å². The molecule has 12 heteroatoms. The van der Waals surface area contributed by atoms with Crippen molar-refractivity contribution in [2.24, 2.45) is 0 Å². The lowest BCUT2D eigenvalue weighted by Gasteiger charge is -2.18. The van der Waals surface area contributed by atoms with E-state index in [0.717, 1.165) is 17.3 Å². The Balaban J connectivity index is 1.74. The lowest BCUT2D eigenvalue weighted by atomic mass is 10.1. The number of alkyl halides is 3. The van der Waals surface area contributed by atoms with Crippen LogP contribution < -0.4 is 10.6 Å². The molecule has 3 aromatic carbocycles. The van der Waals surface area contributed by atoms with E-state index in [1.807, 2.05) is 6.07 Å². The van der Waals surface area contributed by atoms with Crippen molar-refractivity contribution in [3.05, 3.63) is 89.0 Å². The molecule has 0 spiro atoms. The maximum atomic E-state index is 14.2. The van der Waals surface area contributed by atoms with Crippen molar-refractivity contribution in [1.82, 2.24) is 0 Å². The van der Waals surface area contributed by atoms with Gasteiger partial charge in [0.05, 0.1) is 11.7 Å². The van der Waals surface area contributed by atoms with Crippen LogP contribution in [0.5, 0.6) is 0 Å². The molecule has 0 aliphatic heterocycles. The second-order valence-corrected chi connectivity index (χ2v) is 9.02. The van der Waals surface area contributed by atoms with Crippen molar-refractivity contribution in [2.75, 3.05) is 10.6 Å². The quantitative estimate of drug-likeness (QED) is 0.183. The van der Waals surface area contributed by atoms with Crippen molar-refractivity contribution >= 4 is 35.0 Å². The fourth-order valence-electron chi connectivity index (χ4n) is 3.31. The first-order valence-corrected chi connectivity index (χ1v) is 11.6. The molecule has 37 heavy (non-hydrogen) atoms. The Morgan fingerprint density at radius 3 is 2.05 bits per heavy atom. The fourth-order valence-corrected chi connectivity index (χ4v) is 4.33. The van der Waals surface area contributed by atoms with Crippen LogP contribution in [0.3, 0.4) is 0 Å². The summed E-state index contributed by atoms with van der Waals surface area (Å²) >= 11 is 0.913. The highest BCUT2D eigenvalue weighted by atomic mass is 32.2. The predicted octanol–water partition coefficient (Wildman–Crippen LogP) is 6.95. The molecular formula is C25H19F7N2O2S. The zero-order valence-electron chi connectivity index (χ0n) is 19.1. The first kappa shape index (κ1) is 28.0. The van der Waals surface area contributed by atoms with E-state index >= 15 is 0 Å². The molecule has 1 unspecified atom stereocenters. The maximum absolute atomic E-state index is 14.2. The summed E-state index contributed by atoms with van der Waals surface area (Å²) in [5, 5.41) is 3.31. The van der Waals surface area contributed by atoms with Gasteiger partial charge < -0.3 is 10.6 Å². The third-order valence-corrected chi connectivity index (χ3v) is 6.42. The summed E-state index contributed by atoms with van der Waals surface area (Å²) in [7, 11) is 0. The van der Waals surface area contributed by atoms with Crippen LogP contribution in [-0.2, 0) is 22.2 Å². The second kappa shape index (κ2) is 11.7. The minimum absolute atomic E-state index is 0.0793. The Labute approximate surface area is 211 Å². The number of hydrogen-bond donors (Lipinski definition) is 2. The molecule has 2 amide bonds. The SMILES string of the molecule is CCC(Sc1cccc(NC(=O)Cc2ccccc2)c1)C(=O)Nc1c(F)c(F)c(C(F)(F)F)c(F)c1F. The molecule has 0 heterocycles. The van der Waals surface area contributed by atoms with E-state index in [-0.39, 0.29) is 18.7 Å². The number of nitrogens with one attached hydrogen (secondary N) is 2. The van der Waals surface area contributed by atoms with Crippen molar-refractivity contribution in [1.29, 1.82) is 0 Å². The second-order valence-electron chi connectivity index (χ2n) is 7.75. The van der Waals surface area contributed by atoms with E-state index in [2.05, 4.69) is 5.32 Å². The molecule has 0 saturated carbocycles. The number of halogens is 7. The van der Waals surface area contributed by atoms with Gasteiger partial charge in [0.25, 0.3) is 0 Å². The molecule has 1 atom stereocenters.